The molecule has 0 radical (unpaired) electrons. The van der Waals surface area contributed by atoms with Gasteiger partial charge in [0.2, 0.25) is 0 Å². The lowest BCUT2D eigenvalue weighted by atomic mass is 9.43. The van der Waals surface area contributed by atoms with Crippen molar-refractivity contribution in [3.63, 3.8) is 0 Å². The van der Waals surface area contributed by atoms with Crippen molar-refractivity contribution in [1.29, 1.82) is 0 Å². The highest BCUT2D eigenvalue weighted by Gasteiger charge is 2.61. The molecule has 0 spiro atoms. The minimum atomic E-state index is 0.000452. The van der Waals surface area contributed by atoms with Gasteiger partial charge in [0.1, 0.15) is 5.78 Å². The number of fused-ring (bicyclic) bond motifs is 5. The van der Waals surface area contributed by atoms with Gasteiger partial charge in [-0.15, -0.1) is 0 Å². The SMILES string of the molecule is CC[C@H]1/C(=N/OC2CNC2)CC[C@@]2(C)C1CC[C@@H]1[C@@H]2CC[C@]2(C)C(=O)CC[C@@H]12. The van der Waals surface area contributed by atoms with Gasteiger partial charge in [0.25, 0.3) is 0 Å². The fourth-order valence-electron chi connectivity index (χ4n) is 8.22. The van der Waals surface area contributed by atoms with E-state index in [4.69, 9.17) is 4.84 Å². The summed E-state index contributed by atoms with van der Waals surface area (Å²) in [6.45, 7) is 9.13. The number of rotatable bonds is 3. The normalized spacial score (nSPS) is 49.9. The number of carbonyl (C=O) groups is 1. The van der Waals surface area contributed by atoms with Crippen LogP contribution in [0.4, 0.5) is 0 Å². The van der Waals surface area contributed by atoms with Gasteiger partial charge in [-0.05, 0) is 80.5 Å². The van der Waals surface area contributed by atoms with Crippen LogP contribution in [0.5, 0.6) is 0 Å². The maximum Gasteiger partial charge on any atom is 0.152 e. The Morgan fingerprint density at radius 3 is 2.57 bits per heavy atom. The van der Waals surface area contributed by atoms with Crippen LogP contribution in [0.3, 0.4) is 0 Å². The van der Waals surface area contributed by atoms with Crippen molar-refractivity contribution in [3.05, 3.63) is 0 Å². The summed E-state index contributed by atoms with van der Waals surface area (Å²) in [5.41, 5.74) is 1.76. The molecule has 0 bridgehead atoms. The second-order valence-electron chi connectivity index (χ2n) is 11.0. The highest BCUT2D eigenvalue weighted by atomic mass is 16.6. The van der Waals surface area contributed by atoms with Crippen molar-refractivity contribution in [2.75, 3.05) is 13.1 Å². The summed E-state index contributed by atoms with van der Waals surface area (Å²) in [4.78, 5) is 18.5. The second kappa shape index (κ2) is 6.82. The van der Waals surface area contributed by atoms with E-state index in [0.29, 0.717) is 23.0 Å². The van der Waals surface area contributed by atoms with E-state index < -0.39 is 0 Å². The van der Waals surface area contributed by atoms with Gasteiger partial charge in [0, 0.05) is 30.8 Å². The molecule has 7 atom stereocenters. The molecule has 1 heterocycles. The first kappa shape index (κ1) is 19.1. The zero-order valence-corrected chi connectivity index (χ0v) is 18.0. The Kier molecular flexibility index (Phi) is 4.65. The van der Waals surface area contributed by atoms with Crippen LogP contribution in [0.15, 0.2) is 5.16 Å². The molecule has 1 saturated heterocycles. The summed E-state index contributed by atoms with van der Waals surface area (Å²) in [5.74, 6) is 4.14. The smallest absolute Gasteiger partial charge is 0.152 e. The zero-order valence-electron chi connectivity index (χ0n) is 18.0. The molecule has 4 heteroatoms. The minimum Gasteiger partial charge on any atom is -0.390 e. The molecule has 5 rings (SSSR count). The van der Waals surface area contributed by atoms with Crippen molar-refractivity contribution < 1.29 is 9.63 Å². The van der Waals surface area contributed by atoms with Gasteiger partial charge >= 0.3 is 0 Å². The summed E-state index contributed by atoms with van der Waals surface area (Å²) >= 11 is 0. The monoisotopic (exact) mass is 386 g/mol. The van der Waals surface area contributed by atoms with Gasteiger partial charge < -0.3 is 10.2 Å². The number of Topliss-reactive ketones (excluding diaryl/α,β-unsaturated/α-hetero) is 1. The van der Waals surface area contributed by atoms with Crippen molar-refractivity contribution in [2.45, 2.75) is 84.7 Å². The molecule has 1 N–H and O–H groups in total. The maximum absolute atomic E-state index is 12.6. The maximum atomic E-state index is 12.6. The quantitative estimate of drug-likeness (QED) is 0.722. The Labute approximate surface area is 170 Å². The lowest BCUT2D eigenvalue weighted by Crippen LogP contribution is -2.56. The van der Waals surface area contributed by atoms with E-state index in [1.807, 2.05) is 0 Å². The molecule has 1 unspecified atom stereocenters. The van der Waals surface area contributed by atoms with E-state index >= 15 is 0 Å². The molecule has 0 aromatic heterocycles. The zero-order chi connectivity index (χ0) is 19.5. The first-order chi connectivity index (χ1) is 13.5. The number of carbonyl (C=O) groups excluding carboxylic acids is 1. The summed E-state index contributed by atoms with van der Waals surface area (Å²) in [6, 6.07) is 0. The Balaban J connectivity index is 1.38. The Morgan fingerprint density at radius 1 is 1.04 bits per heavy atom. The fraction of sp³-hybridized carbons (Fsp3) is 0.917. The van der Waals surface area contributed by atoms with Crippen LogP contribution < -0.4 is 5.32 Å². The highest BCUT2D eigenvalue weighted by Crippen LogP contribution is 2.66. The standard InChI is InChI=1S/C24H38N2O2/c1-4-16-18-6-5-17-19-7-8-22(27)24(19,3)11-9-20(17)23(18,2)12-10-21(16)26-28-15-13-25-14-15/h15-20,25H,4-14H2,1-3H3/b26-21+/t16-,17+,18?,19+,20+,23+,24+/m1/s1. The molecule has 28 heavy (non-hydrogen) atoms. The van der Waals surface area contributed by atoms with Crippen LogP contribution in [-0.2, 0) is 9.63 Å². The third-order valence-corrected chi connectivity index (χ3v) is 9.99. The first-order valence-electron chi connectivity index (χ1n) is 11.9. The highest BCUT2D eigenvalue weighted by molar-refractivity contribution is 5.88. The van der Waals surface area contributed by atoms with E-state index in [-0.39, 0.29) is 11.5 Å². The topological polar surface area (TPSA) is 50.7 Å². The Hall–Kier alpha value is -0.900. The molecular formula is C24H38N2O2. The van der Waals surface area contributed by atoms with Crippen LogP contribution in [-0.4, -0.2) is 30.7 Å². The predicted molar refractivity (Wildman–Crippen MR) is 111 cm³/mol. The van der Waals surface area contributed by atoms with E-state index in [2.05, 4.69) is 31.2 Å². The summed E-state index contributed by atoms with van der Waals surface area (Å²) in [6.07, 6.45) is 10.9. The Morgan fingerprint density at radius 2 is 1.86 bits per heavy atom. The molecule has 0 aromatic rings. The van der Waals surface area contributed by atoms with Crippen LogP contribution in [0.25, 0.3) is 0 Å². The van der Waals surface area contributed by atoms with Crippen molar-refractivity contribution in [2.24, 2.45) is 45.6 Å². The minimum absolute atomic E-state index is 0.000452. The van der Waals surface area contributed by atoms with Crippen LogP contribution in [0.2, 0.25) is 0 Å². The number of hydrogen-bond donors (Lipinski definition) is 1. The molecule has 5 aliphatic rings. The predicted octanol–water partition coefficient (Wildman–Crippen LogP) is 4.58. The number of nitrogens with zero attached hydrogens (tertiary/aromatic N) is 1. The third kappa shape index (κ3) is 2.66. The van der Waals surface area contributed by atoms with Crippen molar-refractivity contribution in [1.82, 2.24) is 5.32 Å². The van der Waals surface area contributed by atoms with Crippen LogP contribution in [0, 0.1) is 40.4 Å². The molecule has 0 amide bonds. The second-order valence-corrected chi connectivity index (χ2v) is 11.0. The molecule has 4 aliphatic carbocycles. The number of hydrogen-bond acceptors (Lipinski definition) is 4. The molecule has 0 aromatic carbocycles. The van der Waals surface area contributed by atoms with Crippen molar-refractivity contribution in [3.8, 4) is 0 Å². The van der Waals surface area contributed by atoms with Crippen molar-refractivity contribution >= 4 is 11.5 Å². The molecule has 4 nitrogen and oxygen atoms in total. The number of nitrogens with one attached hydrogen (secondary N) is 1. The molecular weight excluding hydrogens is 348 g/mol. The van der Waals surface area contributed by atoms with Gasteiger partial charge in [0.15, 0.2) is 6.10 Å². The van der Waals surface area contributed by atoms with E-state index in [0.717, 1.165) is 56.5 Å². The van der Waals surface area contributed by atoms with Crippen LogP contribution in [0.1, 0.15) is 78.6 Å². The van der Waals surface area contributed by atoms with Gasteiger partial charge in [-0.25, -0.2) is 0 Å². The van der Waals surface area contributed by atoms with E-state index in [9.17, 15) is 4.79 Å². The summed E-state index contributed by atoms with van der Waals surface area (Å²) in [5, 5.41) is 7.95. The summed E-state index contributed by atoms with van der Waals surface area (Å²) in [7, 11) is 0. The van der Waals surface area contributed by atoms with E-state index in [1.54, 1.807) is 0 Å². The molecule has 1 aliphatic heterocycles. The first-order valence-corrected chi connectivity index (χ1v) is 11.9. The molecule has 5 fully saturated rings. The van der Waals surface area contributed by atoms with Gasteiger partial charge in [-0.3, -0.25) is 4.79 Å². The fourth-order valence-corrected chi connectivity index (χ4v) is 8.22. The number of ketones is 1. The lowest BCUT2D eigenvalue weighted by Gasteiger charge is -2.61. The number of oxime groups is 1. The summed E-state index contributed by atoms with van der Waals surface area (Å²) < 4.78 is 0. The van der Waals surface area contributed by atoms with E-state index in [1.165, 1.54) is 37.8 Å². The van der Waals surface area contributed by atoms with Gasteiger partial charge in [-0.2, -0.15) is 0 Å². The average Bonchev–Trinajstić information content (AvgIpc) is 2.95. The molecule has 156 valence electrons. The lowest BCUT2D eigenvalue weighted by molar-refractivity contribution is -0.138. The van der Waals surface area contributed by atoms with Gasteiger partial charge in [0.05, 0.1) is 5.71 Å². The largest absolute Gasteiger partial charge is 0.390 e. The molecule has 4 saturated carbocycles. The third-order valence-electron chi connectivity index (χ3n) is 9.99. The van der Waals surface area contributed by atoms with Gasteiger partial charge in [-0.1, -0.05) is 25.9 Å². The van der Waals surface area contributed by atoms with Crippen LogP contribution >= 0.6 is 0 Å². The Bertz CT molecular complexity index is 672. The average molecular weight is 387 g/mol.